The molecule has 0 unspecified atom stereocenters. The van der Waals surface area contributed by atoms with Gasteiger partial charge in [0.25, 0.3) is 0 Å². The van der Waals surface area contributed by atoms with E-state index in [1.807, 2.05) is 24.3 Å². The number of nitrogens with one attached hydrogen (secondary N) is 2. The van der Waals surface area contributed by atoms with Crippen LogP contribution in [0.15, 0.2) is 42.5 Å². The van der Waals surface area contributed by atoms with Crippen LogP contribution in [0.3, 0.4) is 0 Å². The zero-order valence-electron chi connectivity index (χ0n) is 14.4. The van der Waals surface area contributed by atoms with Gasteiger partial charge in [0.05, 0.1) is 35.1 Å². The van der Waals surface area contributed by atoms with Crippen molar-refractivity contribution in [2.45, 2.75) is 0 Å². The predicted molar refractivity (Wildman–Crippen MR) is 106 cm³/mol. The number of nitrogens with zero attached hydrogens (tertiary/aromatic N) is 3. The molecule has 0 spiro atoms. The van der Waals surface area contributed by atoms with Crippen molar-refractivity contribution in [1.29, 1.82) is 5.26 Å². The summed E-state index contributed by atoms with van der Waals surface area (Å²) < 4.78 is 6.24. The van der Waals surface area contributed by atoms with Crippen LogP contribution >= 0.6 is 11.3 Å². The lowest BCUT2D eigenvalue weighted by molar-refractivity contribution is 0.122. The average molecular weight is 379 g/mol. The average Bonchev–Trinajstić information content (AvgIpc) is 3.09. The standard InChI is InChI=1S/C19H17N5O2S/c20-12-13-4-5-16-17(10-13)27-19(22-16)23-18(25)21-14-2-1-3-15(11-14)24-6-8-26-9-7-24/h1-5,10-11H,6-9H2,(H2,21,22,23,25). The van der Waals surface area contributed by atoms with Gasteiger partial charge in [0.2, 0.25) is 0 Å². The van der Waals surface area contributed by atoms with E-state index < -0.39 is 0 Å². The molecule has 2 aromatic carbocycles. The van der Waals surface area contributed by atoms with Gasteiger partial charge in [0.1, 0.15) is 0 Å². The summed E-state index contributed by atoms with van der Waals surface area (Å²) in [5, 5.41) is 15.1. The number of anilines is 3. The third-order valence-electron chi connectivity index (χ3n) is 4.22. The van der Waals surface area contributed by atoms with E-state index in [0.29, 0.717) is 29.6 Å². The van der Waals surface area contributed by atoms with Gasteiger partial charge in [-0.25, -0.2) is 9.78 Å². The predicted octanol–water partition coefficient (Wildman–Crippen LogP) is 3.65. The monoisotopic (exact) mass is 379 g/mol. The van der Waals surface area contributed by atoms with Crippen LogP contribution in [0, 0.1) is 11.3 Å². The SMILES string of the molecule is N#Cc1ccc2nc(NC(=O)Nc3cccc(N4CCOCC4)c3)sc2c1. The number of ether oxygens (including phenoxy) is 1. The molecule has 27 heavy (non-hydrogen) atoms. The first-order chi connectivity index (χ1) is 13.2. The Kier molecular flexibility index (Phi) is 4.87. The van der Waals surface area contributed by atoms with Crippen LogP contribution in [0.25, 0.3) is 10.2 Å². The maximum absolute atomic E-state index is 12.3. The summed E-state index contributed by atoms with van der Waals surface area (Å²) in [6.07, 6.45) is 0. The Morgan fingerprint density at radius 3 is 2.85 bits per heavy atom. The number of carbonyl (C=O) groups excluding carboxylic acids is 1. The highest BCUT2D eigenvalue weighted by atomic mass is 32.1. The number of hydrogen-bond donors (Lipinski definition) is 2. The third-order valence-corrected chi connectivity index (χ3v) is 5.15. The molecule has 0 atom stereocenters. The molecule has 0 bridgehead atoms. The second-order valence-corrected chi connectivity index (χ2v) is 7.07. The van der Waals surface area contributed by atoms with Gasteiger partial charge in [0.15, 0.2) is 5.13 Å². The maximum Gasteiger partial charge on any atom is 0.325 e. The van der Waals surface area contributed by atoms with E-state index >= 15 is 0 Å². The number of carbonyl (C=O) groups is 1. The van der Waals surface area contributed by atoms with Crippen molar-refractivity contribution in [2.75, 3.05) is 41.8 Å². The Morgan fingerprint density at radius 1 is 1.19 bits per heavy atom. The van der Waals surface area contributed by atoms with Gasteiger partial charge >= 0.3 is 6.03 Å². The van der Waals surface area contributed by atoms with Crippen molar-refractivity contribution in [3.8, 4) is 6.07 Å². The van der Waals surface area contributed by atoms with Crippen LogP contribution in [-0.2, 0) is 4.74 Å². The van der Waals surface area contributed by atoms with Gasteiger partial charge in [0, 0.05) is 24.5 Å². The number of nitriles is 1. The van der Waals surface area contributed by atoms with Gasteiger partial charge < -0.3 is 15.0 Å². The van der Waals surface area contributed by atoms with Gasteiger partial charge in [-0.2, -0.15) is 5.26 Å². The normalized spacial score (nSPS) is 14.0. The molecule has 136 valence electrons. The van der Waals surface area contributed by atoms with Crippen molar-refractivity contribution in [2.24, 2.45) is 0 Å². The number of rotatable bonds is 3. The molecule has 0 saturated carbocycles. The zero-order valence-corrected chi connectivity index (χ0v) is 15.3. The van der Waals surface area contributed by atoms with Crippen molar-refractivity contribution in [1.82, 2.24) is 4.98 Å². The number of amides is 2. The largest absolute Gasteiger partial charge is 0.378 e. The Hall–Kier alpha value is -3.15. The lowest BCUT2D eigenvalue weighted by Crippen LogP contribution is -2.36. The fraction of sp³-hybridized carbons (Fsp3) is 0.211. The molecule has 2 heterocycles. The number of benzene rings is 2. The fourth-order valence-corrected chi connectivity index (χ4v) is 3.81. The number of urea groups is 1. The highest BCUT2D eigenvalue weighted by Crippen LogP contribution is 2.27. The molecular weight excluding hydrogens is 362 g/mol. The summed E-state index contributed by atoms with van der Waals surface area (Å²) in [5.74, 6) is 0. The van der Waals surface area contributed by atoms with Crippen molar-refractivity contribution in [3.63, 3.8) is 0 Å². The molecule has 1 aliphatic heterocycles. The Labute approximate surface area is 160 Å². The zero-order chi connectivity index (χ0) is 18.6. The maximum atomic E-state index is 12.3. The molecule has 3 aromatic rings. The molecule has 2 amide bonds. The molecule has 0 radical (unpaired) electrons. The van der Waals surface area contributed by atoms with E-state index in [1.165, 1.54) is 11.3 Å². The Morgan fingerprint density at radius 2 is 2.04 bits per heavy atom. The third kappa shape index (κ3) is 4.00. The number of fused-ring (bicyclic) bond motifs is 1. The number of morpholine rings is 1. The highest BCUT2D eigenvalue weighted by Gasteiger charge is 2.13. The van der Waals surface area contributed by atoms with Crippen LogP contribution < -0.4 is 15.5 Å². The first-order valence-electron chi connectivity index (χ1n) is 8.53. The molecule has 8 heteroatoms. The lowest BCUT2D eigenvalue weighted by Gasteiger charge is -2.29. The van der Waals surface area contributed by atoms with Crippen LogP contribution in [0.4, 0.5) is 21.3 Å². The minimum Gasteiger partial charge on any atom is -0.378 e. The molecule has 2 N–H and O–H groups in total. The molecule has 1 saturated heterocycles. The van der Waals surface area contributed by atoms with Crippen LogP contribution in [0.5, 0.6) is 0 Å². The van der Waals surface area contributed by atoms with E-state index in [0.717, 1.165) is 29.0 Å². The van der Waals surface area contributed by atoms with Crippen molar-refractivity contribution in [3.05, 3.63) is 48.0 Å². The Balaban J connectivity index is 1.44. The molecule has 0 aliphatic carbocycles. The summed E-state index contributed by atoms with van der Waals surface area (Å²) in [4.78, 5) is 18.9. The molecule has 1 aliphatic rings. The minimum absolute atomic E-state index is 0.353. The molecule has 7 nitrogen and oxygen atoms in total. The minimum atomic E-state index is -0.353. The molecular formula is C19H17N5O2S. The van der Waals surface area contributed by atoms with E-state index in [-0.39, 0.29) is 6.03 Å². The van der Waals surface area contributed by atoms with Gasteiger partial charge in [-0.05, 0) is 36.4 Å². The van der Waals surface area contributed by atoms with Crippen LogP contribution in [-0.4, -0.2) is 37.3 Å². The van der Waals surface area contributed by atoms with Crippen LogP contribution in [0.1, 0.15) is 5.56 Å². The summed E-state index contributed by atoms with van der Waals surface area (Å²) in [7, 11) is 0. The Bertz CT molecular complexity index is 1020. The molecule has 4 rings (SSSR count). The summed E-state index contributed by atoms with van der Waals surface area (Å²) in [5.41, 5.74) is 3.09. The van der Waals surface area contributed by atoms with Crippen molar-refractivity contribution < 1.29 is 9.53 Å². The lowest BCUT2D eigenvalue weighted by atomic mass is 10.2. The summed E-state index contributed by atoms with van der Waals surface area (Å²) >= 11 is 1.34. The first kappa shape index (κ1) is 17.3. The van der Waals surface area contributed by atoms with E-state index in [9.17, 15) is 4.79 Å². The second-order valence-electron chi connectivity index (χ2n) is 6.04. The van der Waals surface area contributed by atoms with Gasteiger partial charge in [-0.3, -0.25) is 5.32 Å². The smallest absolute Gasteiger partial charge is 0.325 e. The molecule has 1 aromatic heterocycles. The number of hydrogen-bond acceptors (Lipinski definition) is 6. The van der Waals surface area contributed by atoms with Gasteiger partial charge in [-0.1, -0.05) is 17.4 Å². The van der Waals surface area contributed by atoms with E-state index in [2.05, 4.69) is 26.6 Å². The molecule has 1 fully saturated rings. The highest BCUT2D eigenvalue weighted by molar-refractivity contribution is 7.22. The topological polar surface area (TPSA) is 90.3 Å². The van der Waals surface area contributed by atoms with E-state index in [4.69, 9.17) is 10.00 Å². The quantitative estimate of drug-likeness (QED) is 0.725. The first-order valence-corrected chi connectivity index (χ1v) is 9.34. The van der Waals surface area contributed by atoms with Crippen molar-refractivity contribution >= 4 is 44.1 Å². The van der Waals surface area contributed by atoms with Gasteiger partial charge in [-0.15, -0.1) is 0 Å². The van der Waals surface area contributed by atoms with Crippen LogP contribution in [0.2, 0.25) is 0 Å². The number of thiazole rings is 1. The summed E-state index contributed by atoms with van der Waals surface area (Å²) in [6.45, 7) is 3.10. The van der Waals surface area contributed by atoms with E-state index in [1.54, 1.807) is 18.2 Å². The fourth-order valence-electron chi connectivity index (χ4n) is 2.91. The number of aromatic nitrogens is 1. The summed E-state index contributed by atoms with van der Waals surface area (Å²) in [6, 6.07) is 14.7. The second kappa shape index (κ2) is 7.61.